The van der Waals surface area contributed by atoms with E-state index in [4.69, 9.17) is 9.47 Å². The van der Waals surface area contributed by atoms with Crippen LogP contribution in [0.25, 0.3) is 10.9 Å². The maximum Gasteiger partial charge on any atom is 0.373 e. The van der Waals surface area contributed by atoms with Crippen LogP contribution in [0.4, 0.5) is 17.2 Å². The number of nitrogens with zero attached hydrogens (tertiary/aromatic N) is 4. The van der Waals surface area contributed by atoms with Gasteiger partial charge in [-0.1, -0.05) is 18.2 Å². The molecule has 1 N–H and O–H groups in total. The fourth-order valence-electron chi connectivity index (χ4n) is 3.04. The second-order valence-electron chi connectivity index (χ2n) is 6.60. The molecule has 4 aromatic rings. The summed E-state index contributed by atoms with van der Waals surface area (Å²) >= 11 is 0. The minimum atomic E-state index is -0.573. The smallest absolute Gasteiger partial charge is 0.373 e. The van der Waals surface area contributed by atoms with Crippen LogP contribution in [0.2, 0.25) is 0 Å². The Kier molecular flexibility index (Phi) is 5.57. The van der Waals surface area contributed by atoms with E-state index in [1.54, 1.807) is 36.4 Å². The van der Waals surface area contributed by atoms with Gasteiger partial charge in [-0.15, -0.1) is 0 Å². The first-order chi connectivity index (χ1) is 15.0. The third-order valence-corrected chi connectivity index (χ3v) is 4.43. The minimum absolute atomic E-state index is 0.0172. The van der Waals surface area contributed by atoms with E-state index in [2.05, 4.69) is 20.3 Å². The molecular weight excluding hydrogens is 398 g/mol. The largest absolute Gasteiger partial charge is 0.494 e. The number of pyridine rings is 1. The van der Waals surface area contributed by atoms with Gasteiger partial charge in [0.1, 0.15) is 17.6 Å². The lowest BCUT2D eigenvalue weighted by atomic mass is 10.2. The first-order valence-electron chi connectivity index (χ1n) is 9.58. The van der Waals surface area contributed by atoms with Crippen LogP contribution in [0.5, 0.6) is 17.4 Å². The average Bonchev–Trinajstić information content (AvgIpc) is 2.76. The number of nitrogens with one attached hydrogen (secondary N) is 1. The van der Waals surface area contributed by atoms with Crippen molar-refractivity contribution in [2.75, 3.05) is 11.9 Å². The predicted molar refractivity (Wildman–Crippen MR) is 116 cm³/mol. The van der Waals surface area contributed by atoms with Crippen molar-refractivity contribution >= 4 is 28.1 Å². The fourth-order valence-corrected chi connectivity index (χ4v) is 3.04. The minimum Gasteiger partial charge on any atom is -0.494 e. The van der Waals surface area contributed by atoms with Gasteiger partial charge in [-0.05, 0) is 50.2 Å². The molecule has 156 valence electrons. The van der Waals surface area contributed by atoms with Crippen molar-refractivity contribution in [2.24, 2.45) is 0 Å². The molecule has 0 fully saturated rings. The molecule has 4 rings (SSSR count). The Morgan fingerprint density at radius 2 is 1.87 bits per heavy atom. The SMILES string of the molecule is CCOc1ccc(Nc2ncnc(Oc3cccc4ccc(C)nc34)c2[N+](=O)[O-])cc1. The lowest BCUT2D eigenvalue weighted by Crippen LogP contribution is -2.04. The summed E-state index contributed by atoms with van der Waals surface area (Å²) < 4.78 is 11.3. The molecule has 0 aliphatic heterocycles. The molecule has 0 bridgehead atoms. The maximum atomic E-state index is 11.8. The van der Waals surface area contributed by atoms with Crippen LogP contribution in [-0.2, 0) is 0 Å². The van der Waals surface area contributed by atoms with E-state index < -0.39 is 4.92 Å². The first-order valence-corrected chi connectivity index (χ1v) is 9.58. The standard InChI is InChI=1S/C22H19N5O4/c1-3-30-17-11-9-16(10-12-17)26-21-20(27(28)29)22(24-13-23-21)31-18-6-4-5-15-8-7-14(2)25-19(15)18/h4-13H,3H2,1-2H3,(H,23,24,26). The molecule has 0 amide bonds. The van der Waals surface area contributed by atoms with Crippen LogP contribution in [0, 0.1) is 17.0 Å². The molecule has 2 aromatic heterocycles. The van der Waals surface area contributed by atoms with Gasteiger partial charge in [0, 0.05) is 16.8 Å². The highest BCUT2D eigenvalue weighted by Gasteiger charge is 2.26. The number of hydrogen-bond donors (Lipinski definition) is 1. The number of fused-ring (bicyclic) bond motifs is 1. The Hall–Kier alpha value is -4.27. The average molecular weight is 417 g/mol. The molecule has 31 heavy (non-hydrogen) atoms. The summed E-state index contributed by atoms with van der Waals surface area (Å²) in [6.45, 7) is 4.31. The zero-order valence-electron chi connectivity index (χ0n) is 16.9. The van der Waals surface area contributed by atoms with Crippen molar-refractivity contribution in [3.05, 3.63) is 76.7 Å². The summed E-state index contributed by atoms with van der Waals surface area (Å²) in [5, 5.41) is 15.7. The highest BCUT2D eigenvalue weighted by atomic mass is 16.6. The molecule has 0 atom stereocenters. The van der Waals surface area contributed by atoms with Crippen LogP contribution in [0.3, 0.4) is 0 Å². The van der Waals surface area contributed by atoms with E-state index in [1.807, 2.05) is 32.0 Å². The van der Waals surface area contributed by atoms with E-state index in [1.165, 1.54) is 6.33 Å². The summed E-state index contributed by atoms with van der Waals surface area (Å²) in [6, 6.07) is 16.2. The number of aryl methyl sites for hydroxylation is 1. The lowest BCUT2D eigenvalue weighted by molar-refractivity contribution is -0.385. The molecule has 9 nitrogen and oxygen atoms in total. The summed E-state index contributed by atoms with van der Waals surface area (Å²) in [5.41, 5.74) is 1.63. The summed E-state index contributed by atoms with van der Waals surface area (Å²) in [6.07, 6.45) is 1.21. The Balaban J connectivity index is 1.70. The van der Waals surface area contributed by atoms with Gasteiger partial charge in [0.05, 0.1) is 11.5 Å². The molecule has 0 unspecified atom stereocenters. The summed E-state index contributed by atoms with van der Waals surface area (Å²) in [7, 11) is 0. The maximum absolute atomic E-state index is 11.8. The Morgan fingerprint density at radius 3 is 2.61 bits per heavy atom. The number of rotatable bonds is 7. The van der Waals surface area contributed by atoms with Crippen molar-refractivity contribution in [1.82, 2.24) is 15.0 Å². The third kappa shape index (κ3) is 4.35. The van der Waals surface area contributed by atoms with Gasteiger partial charge < -0.3 is 14.8 Å². The van der Waals surface area contributed by atoms with Crippen molar-refractivity contribution in [3.8, 4) is 17.4 Å². The number of nitro groups is 1. The summed E-state index contributed by atoms with van der Waals surface area (Å²) in [4.78, 5) is 23.8. The van der Waals surface area contributed by atoms with Crippen LogP contribution in [0.1, 0.15) is 12.6 Å². The number of anilines is 2. The van der Waals surface area contributed by atoms with Gasteiger partial charge in [-0.3, -0.25) is 10.1 Å². The highest BCUT2D eigenvalue weighted by molar-refractivity contribution is 5.85. The van der Waals surface area contributed by atoms with E-state index >= 15 is 0 Å². The van der Waals surface area contributed by atoms with Gasteiger partial charge in [-0.25, -0.2) is 9.97 Å². The number of aromatic nitrogens is 3. The first kappa shape index (κ1) is 20.0. The van der Waals surface area contributed by atoms with E-state index in [9.17, 15) is 10.1 Å². The number of hydrogen-bond acceptors (Lipinski definition) is 8. The van der Waals surface area contributed by atoms with Gasteiger partial charge in [0.2, 0.25) is 5.82 Å². The molecule has 2 heterocycles. The Labute approximate surface area is 177 Å². The van der Waals surface area contributed by atoms with E-state index in [-0.39, 0.29) is 17.4 Å². The highest BCUT2D eigenvalue weighted by Crippen LogP contribution is 2.37. The van der Waals surface area contributed by atoms with E-state index in [0.29, 0.717) is 29.3 Å². The van der Waals surface area contributed by atoms with Gasteiger partial charge in [0.15, 0.2) is 5.75 Å². The molecule has 9 heteroatoms. The molecule has 0 aliphatic rings. The van der Waals surface area contributed by atoms with Crippen LogP contribution in [0.15, 0.2) is 60.9 Å². The van der Waals surface area contributed by atoms with Gasteiger partial charge in [-0.2, -0.15) is 4.98 Å². The predicted octanol–water partition coefficient (Wildman–Crippen LogP) is 5.18. The molecular formula is C22H19N5O4. The van der Waals surface area contributed by atoms with Crippen molar-refractivity contribution in [1.29, 1.82) is 0 Å². The Morgan fingerprint density at radius 1 is 1.06 bits per heavy atom. The van der Waals surface area contributed by atoms with Crippen molar-refractivity contribution in [3.63, 3.8) is 0 Å². The zero-order valence-corrected chi connectivity index (χ0v) is 16.9. The molecule has 0 spiro atoms. The summed E-state index contributed by atoms with van der Waals surface area (Å²) in [5.74, 6) is 0.913. The van der Waals surface area contributed by atoms with Gasteiger partial charge in [0.25, 0.3) is 0 Å². The van der Waals surface area contributed by atoms with Crippen LogP contribution >= 0.6 is 0 Å². The second kappa shape index (κ2) is 8.62. The quantitative estimate of drug-likeness (QED) is 0.323. The Bertz CT molecular complexity index is 1240. The molecule has 0 aliphatic carbocycles. The second-order valence-corrected chi connectivity index (χ2v) is 6.60. The molecule has 2 aromatic carbocycles. The number of ether oxygens (including phenoxy) is 2. The topological polar surface area (TPSA) is 112 Å². The molecule has 0 radical (unpaired) electrons. The normalized spacial score (nSPS) is 10.6. The number of para-hydroxylation sites is 1. The lowest BCUT2D eigenvalue weighted by Gasteiger charge is -2.11. The van der Waals surface area contributed by atoms with Gasteiger partial charge >= 0.3 is 11.6 Å². The third-order valence-electron chi connectivity index (χ3n) is 4.43. The molecule has 0 saturated heterocycles. The number of benzene rings is 2. The van der Waals surface area contributed by atoms with Crippen molar-refractivity contribution < 1.29 is 14.4 Å². The van der Waals surface area contributed by atoms with Crippen LogP contribution in [-0.4, -0.2) is 26.5 Å². The fraction of sp³-hybridized carbons (Fsp3) is 0.136. The molecule has 0 saturated carbocycles. The van der Waals surface area contributed by atoms with Crippen LogP contribution < -0.4 is 14.8 Å². The zero-order chi connectivity index (χ0) is 21.8. The van der Waals surface area contributed by atoms with Crippen molar-refractivity contribution in [2.45, 2.75) is 13.8 Å². The monoisotopic (exact) mass is 417 g/mol. The van der Waals surface area contributed by atoms with E-state index in [0.717, 1.165) is 11.1 Å².